The fourth-order valence-electron chi connectivity index (χ4n) is 2.42. The quantitative estimate of drug-likeness (QED) is 0.891. The summed E-state index contributed by atoms with van der Waals surface area (Å²) in [5.41, 5.74) is 3.77. The largest absolute Gasteiger partial charge is 0.216 e. The third-order valence-corrected chi connectivity index (χ3v) is 5.33. The SMILES string of the molecule is Cc1ccc(C)c([C@H](C)NS(=O)(=O)Cc2ccccc2Cl)c1. The predicted octanol–water partition coefficient (Wildman–Crippen LogP) is 4.14. The Kier molecular flexibility index (Phi) is 5.27. The first-order valence-electron chi connectivity index (χ1n) is 7.09. The molecule has 0 aliphatic rings. The van der Waals surface area contributed by atoms with Gasteiger partial charge in [-0.15, -0.1) is 0 Å². The number of hydrogen-bond acceptors (Lipinski definition) is 2. The molecule has 0 unspecified atom stereocenters. The molecule has 0 amide bonds. The second kappa shape index (κ2) is 6.82. The molecule has 1 atom stereocenters. The summed E-state index contributed by atoms with van der Waals surface area (Å²) < 4.78 is 27.5. The highest BCUT2D eigenvalue weighted by Crippen LogP contribution is 2.22. The Morgan fingerprint density at radius 3 is 2.50 bits per heavy atom. The first-order valence-corrected chi connectivity index (χ1v) is 9.12. The van der Waals surface area contributed by atoms with Gasteiger partial charge in [-0.2, -0.15) is 0 Å². The van der Waals surface area contributed by atoms with Crippen LogP contribution in [0, 0.1) is 13.8 Å². The molecule has 0 spiro atoms. The lowest BCUT2D eigenvalue weighted by Gasteiger charge is -2.17. The molecule has 118 valence electrons. The van der Waals surface area contributed by atoms with Crippen LogP contribution in [0.4, 0.5) is 0 Å². The van der Waals surface area contributed by atoms with Crippen molar-refractivity contribution in [3.63, 3.8) is 0 Å². The summed E-state index contributed by atoms with van der Waals surface area (Å²) in [6, 6.07) is 12.7. The number of rotatable bonds is 5. The molecule has 0 saturated heterocycles. The maximum absolute atomic E-state index is 12.4. The van der Waals surface area contributed by atoms with Gasteiger partial charge >= 0.3 is 0 Å². The summed E-state index contributed by atoms with van der Waals surface area (Å²) in [7, 11) is -3.47. The second-order valence-corrected chi connectivity index (χ2v) is 7.71. The van der Waals surface area contributed by atoms with Crippen LogP contribution in [-0.4, -0.2) is 8.42 Å². The third kappa shape index (κ3) is 4.32. The number of nitrogens with one attached hydrogen (secondary N) is 1. The van der Waals surface area contributed by atoms with E-state index in [-0.39, 0.29) is 11.8 Å². The topological polar surface area (TPSA) is 46.2 Å². The van der Waals surface area contributed by atoms with Crippen molar-refractivity contribution in [3.8, 4) is 0 Å². The first-order chi connectivity index (χ1) is 10.3. The average Bonchev–Trinajstić information content (AvgIpc) is 2.43. The highest BCUT2D eigenvalue weighted by Gasteiger charge is 2.19. The Bertz CT molecular complexity index is 772. The minimum absolute atomic E-state index is 0.123. The lowest BCUT2D eigenvalue weighted by Crippen LogP contribution is -2.28. The van der Waals surface area contributed by atoms with Gasteiger partial charge in [0, 0.05) is 11.1 Å². The van der Waals surface area contributed by atoms with Crippen molar-refractivity contribution in [3.05, 3.63) is 69.7 Å². The molecular weight excluding hydrogens is 318 g/mol. The molecule has 0 aromatic heterocycles. The average molecular weight is 338 g/mol. The lowest BCUT2D eigenvalue weighted by molar-refractivity contribution is 0.565. The van der Waals surface area contributed by atoms with Crippen molar-refractivity contribution in [2.24, 2.45) is 0 Å². The molecule has 22 heavy (non-hydrogen) atoms. The molecule has 2 aromatic carbocycles. The Labute approximate surface area is 137 Å². The van der Waals surface area contributed by atoms with Gasteiger partial charge in [0.15, 0.2) is 0 Å². The van der Waals surface area contributed by atoms with Crippen molar-refractivity contribution in [1.29, 1.82) is 0 Å². The van der Waals surface area contributed by atoms with Crippen LogP contribution in [-0.2, 0) is 15.8 Å². The molecule has 0 aliphatic carbocycles. The van der Waals surface area contributed by atoms with Gasteiger partial charge in [0.25, 0.3) is 0 Å². The monoisotopic (exact) mass is 337 g/mol. The standard InChI is InChI=1S/C17H20ClNO2S/c1-12-8-9-13(2)16(10-12)14(3)19-22(20,21)11-15-6-4-5-7-17(15)18/h4-10,14,19H,11H2,1-3H3/t14-/m0/s1. The van der Waals surface area contributed by atoms with Crippen LogP contribution < -0.4 is 4.72 Å². The maximum Gasteiger partial charge on any atom is 0.216 e. The van der Waals surface area contributed by atoms with Gasteiger partial charge in [-0.05, 0) is 43.5 Å². The van der Waals surface area contributed by atoms with Gasteiger partial charge in [-0.25, -0.2) is 13.1 Å². The zero-order valence-corrected chi connectivity index (χ0v) is 14.5. The van der Waals surface area contributed by atoms with Crippen LogP contribution >= 0.6 is 11.6 Å². The van der Waals surface area contributed by atoms with Gasteiger partial charge < -0.3 is 0 Å². The van der Waals surface area contributed by atoms with Crippen molar-refractivity contribution in [2.75, 3.05) is 0 Å². The number of hydrogen-bond donors (Lipinski definition) is 1. The van der Waals surface area contributed by atoms with E-state index in [1.54, 1.807) is 24.3 Å². The van der Waals surface area contributed by atoms with E-state index in [9.17, 15) is 8.42 Å². The molecular formula is C17H20ClNO2S. The van der Waals surface area contributed by atoms with Gasteiger partial charge in [-0.3, -0.25) is 0 Å². The molecule has 0 bridgehead atoms. The smallest absolute Gasteiger partial charge is 0.212 e. The molecule has 2 aromatic rings. The van der Waals surface area contributed by atoms with Gasteiger partial charge in [0.1, 0.15) is 0 Å². The van der Waals surface area contributed by atoms with Crippen molar-refractivity contribution in [2.45, 2.75) is 32.6 Å². The zero-order chi connectivity index (χ0) is 16.3. The summed E-state index contributed by atoms with van der Waals surface area (Å²) in [6.45, 7) is 5.83. The third-order valence-electron chi connectivity index (χ3n) is 3.56. The number of aryl methyl sites for hydroxylation is 2. The molecule has 1 N–H and O–H groups in total. The van der Waals surface area contributed by atoms with Gasteiger partial charge in [-0.1, -0.05) is 53.6 Å². The van der Waals surface area contributed by atoms with E-state index in [0.717, 1.165) is 16.7 Å². The van der Waals surface area contributed by atoms with Crippen LogP contribution in [0.3, 0.4) is 0 Å². The first kappa shape index (κ1) is 17.0. The van der Waals surface area contributed by atoms with E-state index in [1.807, 2.05) is 39.0 Å². The lowest BCUT2D eigenvalue weighted by atomic mass is 10.0. The van der Waals surface area contributed by atoms with Crippen molar-refractivity contribution in [1.82, 2.24) is 4.72 Å². The number of sulfonamides is 1. The van der Waals surface area contributed by atoms with Crippen LogP contribution in [0.25, 0.3) is 0 Å². The molecule has 0 heterocycles. The second-order valence-electron chi connectivity index (χ2n) is 5.55. The minimum Gasteiger partial charge on any atom is -0.212 e. The normalized spacial score (nSPS) is 13.1. The Balaban J connectivity index is 2.18. The summed E-state index contributed by atoms with van der Waals surface area (Å²) in [6.07, 6.45) is 0. The molecule has 0 aliphatic heterocycles. The summed E-state index contributed by atoms with van der Waals surface area (Å²) in [5.74, 6) is -0.123. The van der Waals surface area contributed by atoms with E-state index >= 15 is 0 Å². The van der Waals surface area contributed by atoms with Crippen LogP contribution in [0.15, 0.2) is 42.5 Å². The maximum atomic E-state index is 12.4. The van der Waals surface area contributed by atoms with E-state index in [0.29, 0.717) is 10.6 Å². The molecule has 0 radical (unpaired) electrons. The fraction of sp³-hybridized carbons (Fsp3) is 0.294. The highest BCUT2D eigenvalue weighted by atomic mass is 35.5. The summed E-state index contributed by atoms with van der Waals surface area (Å²) in [4.78, 5) is 0. The van der Waals surface area contributed by atoms with E-state index < -0.39 is 10.0 Å². The van der Waals surface area contributed by atoms with Gasteiger partial charge in [0.2, 0.25) is 10.0 Å². The van der Waals surface area contributed by atoms with Crippen molar-refractivity contribution < 1.29 is 8.42 Å². The predicted molar refractivity (Wildman–Crippen MR) is 91.5 cm³/mol. The number of halogens is 1. The zero-order valence-electron chi connectivity index (χ0n) is 12.9. The van der Waals surface area contributed by atoms with Crippen LogP contribution in [0.5, 0.6) is 0 Å². The van der Waals surface area contributed by atoms with E-state index in [1.165, 1.54) is 0 Å². The van der Waals surface area contributed by atoms with Crippen molar-refractivity contribution >= 4 is 21.6 Å². The van der Waals surface area contributed by atoms with E-state index in [4.69, 9.17) is 11.6 Å². The highest BCUT2D eigenvalue weighted by molar-refractivity contribution is 7.88. The molecule has 3 nitrogen and oxygen atoms in total. The Hall–Kier alpha value is -1.36. The Morgan fingerprint density at radius 1 is 1.14 bits per heavy atom. The summed E-state index contributed by atoms with van der Waals surface area (Å²) in [5, 5.41) is 0.465. The minimum atomic E-state index is -3.47. The van der Waals surface area contributed by atoms with Crippen LogP contribution in [0.1, 0.15) is 35.2 Å². The van der Waals surface area contributed by atoms with E-state index in [2.05, 4.69) is 4.72 Å². The molecule has 0 fully saturated rings. The summed E-state index contributed by atoms with van der Waals surface area (Å²) >= 11 is 6.04. The number of benzene rings is 2. The fourth-order valence-corrected chi connectivity index (χ4v) is 4.11. The molecule has 0 saturated carbocycles. The Morgan fingerprint density at radius 2 is 1.82 bits per heavy atom. The van der Waals surface area contributed by atoms with Gasteiger partial charge in [0.05, 0.1) is 5.75 Å². The molecule has 5 heteroatoms. The van der Waals surface area contributed by atoms with Crippen LogP contribution in [0.2, 0.25) is 5.02 Å². The molecule has 2 rings (SSSR count).